The molecule has 146 valence electrons. The molecule has 2 aromatic heterocycles. The van der Waals surface area contributed by atoms with Gasteiger partial charge in [0.15, 0.2) is 0 Å². The van der Waals surface area contributed by atoms with Crippen molar-refractivity contribution in [2.45, 2.75) is 19.9 Å². The quantitative estimate of drug-likeness (QED) is 0.500. The molecule has 0 amide bonds. The van der Waals surface area contributed by atoms with Crippen LogP contribution in [0.4, 0.5) is 17.5 Å². The van der Waals surface area contributed by atoms with Crippen molar-refractivity contribution in [3.05, 3.63) is 58.8 Å². The molecule has 3 rings (SSSR count). The van der Waals surface area contributed by atoms with E-state index in [1.807, 2.05) is 32.0 Å². The second-order valence-electron chi connectivity index (χ2n) is 6.62. The third kappa shape index (κ3) is 5.10. The molecule has 0 bridgehead atoms. The Morgan fingerprint density at radius 1 is 1.04 bits per heavy atom. The molecule has 0 aliphatic heterocycles. The van der Waals surface area contributed by atoms with Gasteiger partial charge in [-0.3, -0.25) is 4.98 Å². The number of nitrogens with one attached hydrogen (secondary N) is 2. The highest BCUT2D eigenvalue weighted by Gasteiger charge is 2.15. The van der Waals surface area contributed by atoms with Crippen molar-refractivity contribution in [1.82, 2.24) is 15.0 Å². The first-order chi connectivity index (χ1) is 13.5. The van der Waals surface area contributed by atoms with E-state index in [-0.39, 0.29) is 18.6 Å². The normalized spacial score (nSPS) is 12.1. The summed E-state index contributed by atoms with van der Waals surface area (Å²) < 4.78 is 0. The maximum atomic E-state index is 9.64. The predicted molar refractivity (Wildman–Crippen MR) is 114 cm³/mol. The third-order valence-corrected chi connectivity index (χ3v) is 4.77. The molecule has 0 saturated heterocycles. The summed E-state index contributed by atoms with van der Waals surface area (Å²) in [5.74, 6) is 1.16. The van der Waals surface area contributed by atoms with Crippen molar-refractivity contribution < 1.29 is 5.11 Å². The number of nitrogens with zero attached hydrogens (tertiary/aromatic N) is 3. The first kappa shape index (κ1) is 20.3. The van der Waals surface area contributed by atoms with Crippen LogP contribution in [0.15, 0.2) is 48.8 Å². The second-order valence-corrected chi connectivity index (χ2v) is 7.47. The highest BCUT2D eigenvalue weighted by molar-refractivity contribution is 6.35. The number of pyridine rings is 1. The summed E-state index contributed by atoms with van der Waals surface area (Å²) in [7, 11) is 0. The standard InChI is InChI=1S/C20H21Cl2N5O/c1-12(2)18(11-28)26-20-25-16(13-5-7-23-8-6-13)10-19(27-20)24-17-9-14(21)3-4-15(17)22/h3-10,12,18,28H,11H2,1-2H3,(H2,24,25,26,27)/t18-/m1/s1. The SMILES string of the molecule is CC(C)[C@@H](CO)Nc1nc(Nc2cc(Cl)ccc2Cl)cc(-c2ccncc2)n1. The van der Waals surface area contributed by atoms with E-state index in [0.717, 1.165) is 5.56 Å². The minimum absolute atomic E-state index is 0.0244. The molecule has 28 heavy (non-hydrogen) atoms. The van der Waals surface area contributed by atoms with Crippen molar-refractivity contribution >= 4 is 40.7 Å². The minimum atomic E-state index is -0.171. The first-order valence-corrected chi connectivity index (χ1v) is 9.61. The van der Waals surface area contributed by atoms with Gasteiger partial charge in [0.1, 0.15) is 5.82 Å². The summed E-state index contributed by atoms with van der Waals surface area (Å²) in [5.41, 5.74) is 2.24. The summed E-state index contributed by atoms with van der Waals surface area (Å²) in [5, 5.41) is 17.1. The Hall–Kier alpha value is -2.41. The largest absolute Gasteiger partial charge is 0.394 e. The first-order valence-electron chi connectivity index (χ1n) is 8.85. The van der Waals surface area contributed by atoms with E-state index >= 15 is 0 Å². The molecular weight excluding hydrogens is 397 g/mol. The average molecular weight is 418 g/mol. The van der Waals surface area contributed by atoms with Crippen LogP contribution in [-0.4, -0.2) is 32.7 Å². The molecule has 0 saturated carbocycles. The van der Waals surface area contributed by atoms with Crippen molar-refractivity contribution in [3.63, 3.8) is 0 Å². The van der Waals surface area contributed by atoms with E-state index < -0.39 is 0 Å². The van der Waals surface area contributed by atoms with Gasteiger partial charge in [0.25, 0.3) is 0 Å². The Labute approximate surface area is 174 Å². The number of halogens is 2. The molecule has 0 spiro atoms. The molecule has 3 N–H and O–H groups in total. The molecule has 0 unspecified atom stereocenters. The monoisotopic (exact) mass is 417 g/mol. The summed E-state index contributed by atoms with van der Waals surface area (Å²) >= 11 is 12.4. The summed E-state index contributed by atoms with van der Waals surface area (Å²) in [6.45, 7) is 4.01. The average Bonchev–Trinajstić information content (AvgIpc) is 2.69. The third-order valence-electron chi connectivity index (χ3n) is 4.21. The molecule has 3 aromatic rings. The predicted octanol–water partition coefficient (Wildman–Crippen LogP) is 5.02. The Morgan fingerprint density at radius 3 is 2.46 bits per heavy atom. The van der Waals surface area contributed by atoms with Crippen molar-refractivity contribution in [2.24, 2.45) is 5.92 Å². The van der Waals surface area contributed by atoms with Gasteiger partial charge in [-0.1, -0.05) is 37.0 Å². The fraction of sp³-hybridized carbons (Fsp3) is 0.250. The number of aliphatic hydroxyl groups excluding tert-OH is 1. The van der Waals surface area contributed by atoms with E-state index in [1.54, 1.807) is 30.6 Å². The molecule has 1 atom stereocenters. The van der Waals surface area contributed by atoms with Gasteiger partial charge < -0.3 is 15.7 Å². The fourth-order valence-corrected chi connectivity index (χ4v) is 2.90. The molecule has 2 heterocycles. The van der Waals surface area contributed by atoms with Crippen LogP contribution >= 0.6 is 23.2 Å². The van der Waals surface area contributed by atoms with Crippen LogP contribution in [0, 0.1) is 5.92 Å². The minimum Gasteiger partial charge on any atom is -0.394 e. The second kappa shape index (κ2) is 9.19. The number of rotatable bonds is 7. The number of hydrogen-bond donors (Lipinski definition) is 3. The number of aromatic nitrogens is 3. The van der Waals surface area contributed by atoms with Crippen LogP contribution in [0.25, 0.3) is 11.3 Å². The van der Waals surface area contributed by atoms with Crippen molar-refractivity contribution in [2.75, 3.05) is 17.2 Å². The van der Waals surface area contributed by atoms with E-state index in [9.17, 15) is 5.11 Å². The van der Waals surface area contributed by atoms with Crippen molar-refractivity contribution in [1.29, 1.82) is 0 Å². The number of benzene rings is 1. The summed E-state index contributed by atoms with van der Waals surface area (Å²) in [6.07, 6.45) is 3.41. The zero-order valence-electron chi connectivity index (χ0n) is 15.5. The van der Waals surface area contributed by atoms with Crippen LogP contribution in [0.5, 0.6) is 0 Å². The van der Waals surface area contributed by atoms with Gasteiger partial charge >= 0.3 is 0 Å². The van der Waals surface area contributed by atoms with E-state index in [2.05, 4.69) is 25.6 Å². The van der Waals surface area contributed by atoms with Crippen LogP contribution in [0.2, 0.25) is 10.0 Å². The summed E-state index contributed by atoms with van der Waals surface area (Å²) in [6, 6.07) is 10.6. The van der Waals surface area contributed by atoms with Crippen LogP contribution in [0.3, 0.4) is 0 Å². The van der Waals surface area contributed by atoms with Crippen molar-refractivity contribution in [3.8, 4) is 11.3 Å². The molecule has 0 fully saturated rings. The molecule has 1 aromatic carbocycles. The van der Waals surface area contributed by atoms with Gasteiger partial charge in [-0.2, -0.15) is 4.98 Å². The Morgan fingerprint density at radius 2 is 1.79 bits per heavy atom. The van der Waals surface area contributed by atoms with Gasteiger partial charge in [0, 0.05) is 29.0 Å². The maximum absolute atomic E-state index is 9.64. The Bertz CT molecular complexity index is 937. The molecular formula is C20H21Cl2N5O. The van der Waals surface area contributed by atoms with Gasteiger partial charge in [0.2, 0.25) is 5.95 Å². The lowest BCUT2D eigenvalue weighted by Gasteiger charge is -2.21. The van der Waals surface area contributed by atoms with E-state index in [1.165, 1.54) is 0 Å². The lowest BCUT2D eigenvalue weighted by molar-refractivity contribution is 0.248. The number of hydrogen-bond acceptors (Lipinski definition) is 6. The van der Waals surface area contributed by atoms with E-state index in [0.29, 0.717) is 33.2 Å². The Balaban J connectivity index is 2.00. The van der Waals surface area contributed by atoms with Gasteiger partial charge in [-0.15, -0.1) is 0 Å². The fourth-order valence-electron chi connectivity index (χ4n) is 2.57. The van der Waals surface area contributed by atoms with E-state index in [4.69, 9.17) is 23.2 Å². The zero-order chi connectivity index (χ0) is 20.1. The molecule has 8 heteroatoms. The smallest absolute Gasteiger partial charge is 0.225 e. The molecule has 6 nitrogen and oxygen atoms in total. The number of anilines is 3. The maximum Gasteiger partial charge on any atom is 0.225 e. The molecule has 0 aliphatic carbocycles. The zero-order valence-corrected chi connectivity index (χ0v) is 17.0. The van der Waals surface area contributed by atoms with Crippen LogP contribution in [-0.2, 0) is 0 Å². The highest BCUT2D eigenvalue weighted by Crippen LogP contribution is 2.30. The van der Waals surface area contributed by atoms with Crippen LogP contribution < -0.4 is 10.6 Å². The molecule has 0 radical (unpaired) electrons. The summed E-state index contributed by atoms with van der Waals surface area (Å²) in [4.78, 5) is 13.2. The van der Waals surface area contributed by atoms with Gasteiger partial charge in [-0.25, -0.2) is 4.98 Å². The topological polar surface area (TPSA) is 83.0 Å². The lowest BCUT2D eigenvalue weighted by atomic mass is 10.1. The van der Waals surface area contributed by atoms with Gasteiger partial charge in [0.05, 0.1) is 29.1 Å². The highest BCUT2D eigenvalue weighted by atomic mass is 35.5. The number of aliphatic hydroxyl groups is 1. The van der Waals surface area contributed by atoms with Gasteiger partial charge in [-0.05, 0) is 36.2 Å². The molecule has 0 aliphatic rings. The lowest BCUT2D eigenvalue weighted by Crippen LogP contribution is -2.30. The Kier molecular flexibility index (Phi) is 6.67. The van der Waals surface area contributed by atoms with Crippen LogP contribution in [0.1, 0.15) is 13.8 Å².